The summed E-state index contributed by atoms with van der Waals surface area (Å²) in [5.41, 5.74) is 4.55. The highest BCUT2D eigenvalue weighted by Crippen LogP contribution is 2.26. The topological polar surface area (TPSA) is 60.2 Å². The molecule has 33 heavy (non-hydrogen) atoms. The number of carbonyl (C=O) groups is 1. The van der Waals surface area contributed by atoms with Crippen LogP contribution in [0.15, 0.2) is 60.9 Å². The Morgan fingerprint density at radius 3 is 2.61 bits per heavy atom. The van der Waals surface area contributed by atoms with E-state index in [0.717, 1.165) is 51.7 Å². The second-order valence-corrected chi connectivity index (χ2v) is 8.52. The molecule has 0 saturated carbocycles. The van der Waals surface area contributed by atoms with Crippen molar-refractivity contribution in [3.05, 3.63) is 88.5 Å². The van der Waals surface area contributed by atoms with E-state index in [-0.39, 0.29) is 5.91 Å². The number of rotatable bonds is 8. The smallest absolute Gasteiger partial charge is 0.255 e. The monoisotopic (exact) mass is 462 g/mol. The SMILES string of the molecule is Cc1cc(OCCCn2c(CN(C)C(=O)c3cccnc3)nc3ccccc32)cc(C)c1Cl. The molecule has 4 aromatic rings. The molecule has 0 atom stereocenters. The number of nitrogens with zero attached hydrogens (tertiary/aromatic N) is 4. The van der Waals surface area contributed by atoms with Gasteiger partial charge in [0, 0.05) is 31.0 Å². The molecule has 170 valence electrons. The zero-order valence-corrected chi connectivity index (χ0v) is 19.8. The van der Waals surface area contributed by atoms with Gasteiger partial charge in [-0.05, 0) is 67.8 Å². The van der Waals surface area contributed by atoms with Gasteiger partial charge in [-0.2, -0.15) is 0 Å². The van der Waals surface area contributed by atoms with Crippen molar-refractivity contribution in [2.75, 3.05) is 13.7 Å². The number of ether oxygens (including phenoxy) is 1. The first kappa shape index (κ1) is 22.8. The minimum atomic E-state index is -0.0847. The van der Waals surface area contributed by atoms with E-state index in [2.05, 4.69) is 15.6 Å². The van der Waals surface area contributed by atoms with Gasteiger partial charge < -0.3 is 14.2 Å². The van der Waals surface area contributed by atoms with Crippen LogP contribution < -0.4 is 4.74 Å². The van der Waals surface area contributed by atoms with E-state index < -0.39 is 0 Å². The number of imidazole rings is 1. The summed E-state index contributed by atoms with van der Waals surface area (Å²) in [6, 6.07) is 15.5. The number of para-hydroxylation sites is 2. The van der Waals surface area contributed by atoms with Gasteiger partial charge in [0.2, 0.25) is 0 Å². The van der Waals surface area contributed by atoms with Crippen LogP contribution in [-0.4, -0.2) is 39.0 Å². The van der Waals surface area contributed by atoms with Gasteiger partial charge in [-0.3, -0.25) is 9.78 Å². The molecule has 2 aromatic heterocycles. The summed E-state index contributed by atoms with van der Waals surface area (Å²) in [5.74, 6) is 1.58. The Labute approximate surface area is 198 Å². The third kappa shape index (κ3) is 5.17. The van der Waals surface area contributed by atoms with Crippen LogP contribution in [0.2, 0.25) is 5.02 Å². The molecule has 1 amide bonds. The van der Waals surface area contributed by atoms with Crippen LogP contribution in [0, 0.1) is 13.8 Å². The fraction of sp³-hybridized carbons (Fsp3) is 0.269. The van der Waals surface area contributed by atoms with E-state index in [9.17, 15) is 4.79 Å². The Balaban J connectivity index is 1.46. The van der Waals surface area contributed by atoms with Crippen LogP contribution in [0.4, 0.5) is 0 Å². The lowest BCUT2D eigenvalue weighted by Gasteiger charge is -2.18. The molecular weight excluding hydrogens is 436 g/mol. The van der Waals surface area contributed by atoms with Crippen LogP contribution in [0.5, 0.6) is 5.75 Å². The quantitative estimate of drug-likeness (QED) is 0.327. The number of aromatic nitrogens is 3. The van der Waals surface area contributed by atoms with Crippen LogP contribution in [0.3, 0.4) is 0 Å². The molecule has 0 fully saturated rings. The Morgan fingerprint density at radius 2 is 1.88 bits per heavy atom. The van der Waals surface area contributed by atoms with Crippen LogP contribution in [0.1, 0.15) is 33.7 Å². The normalized spacial score (nSPS) is 11.0. The minimum absolute atomic E-state index is 0.0847. The summed E-state index contributed by atoms with van der Waals surface area (Å²) < 4.78 is 8.16. The van der Waals surface area contributed by atoms with Crippen molar-refractivity contribution in [3.63, 3.8) is 0 Å². The van der Waals surface area contributed by atoms with Gasteiger partial charge in [-0.25, -0.2) is 4.98 Å². The summed E-state index contributed by atoms with van der Waals surface area (Å²) >= 11 is 6.26. The number of amides is 1. The highest BCUT2D eigenvalue weighted by molar-refractivity contribution is 6.32. The average molecular weight is 463 g/mol. The molecule has 0 aliphatic carbocycles. The molecule has 0 spiro atoms. The molecule has 0 unspecified atom stereocenters. The third-order valence-electron chi connectivity index (χ3n) is 5.57. The first-order valence-electron chi connectivity index (χ1n) is 10.9. The highest BCUT2D eigenvalue weighted by atomic mass is 35.5. The predicted molar refractivity (Wildman–Crippen MR) is 131 cm³/mol. The molecular formula is C26H27ClN4O2. The maximum atomic E-state index is 12.8. The largest absolute Gasteiger partial charge is 0.494 e. The Hall–Kier alpha value is -3.38. The number of hydrogen-bond donors (Lipinski definition) is 0. The summed E-state index contributed by atoms with van der Waals surface area (Å²) in [5, 5.41) is 0.779. The van der Waals surface area contributed by atoms with Crippen molar-refractivity contribution >= 4 is 28.5 Å². The molecule has 0 aliphatic rings. The van der Waals surface area contributed by atoms with Gasteiger partial charge in [0.25, 0.3) is 5.91 Å². The minimum Gasteiger partial charge on any atom is -0.494 e. The van der Waals surface area contributed by atoms with E-state index in [1.807, 2.05) is 44.2 Å². The molecule has 0 N–H and O–H groups in total. The molecule has 0 saturated heterocycles. The summed E-state index contributed by atoms with van der Waals surface area (Å²) in [6.07, 6.45) is 4.04. The first-order chi connectivity index (χ1) is 15.9. The number of fused-ring (bicyclic) bond motifs is 1. The fourth-order valence-electron chi connectivity index (χ4n) is 3.89. The van der Waals surface area contributed by atoms with E-state index in [1.54, 1.807) is 36.5 Å². The van der Waals surface area contributed by atoms with Gasteiger partial charge in [0.05, 0.1) is 29.7 Å². The molecule has 7 heteroatoms. The number of pyridine rings is 1. The standard InChI is InChI=1S/C26H27ClN4O2/c1-18-14-21(15-19(2)25(18)27)33-13-7-12-31-23-10-5-4-9-22(23)29-24(31)17-30(3)26(32)20-8-6-11-28-16-20/h4-6,8-11,14-16H,7,12-13,17H2,1-3H3. The maximum Gasteiger partial charge on any atom is 0.255 e. The lowest BCUT2D eigenvalue weighted by atomic mass is 10.1. The third-order valence-corrected chi connectivity index (χ3v) is 6.17. The molecule has 2 heterocycles. The van der Waals surface area contributed by atoms with Crippen LogP contribution in [0.25, 0.3) is 11.0 Å². The Bertz CT molecular complexity index is 1250. The average Bonchev–Trinajstić information content (AvgIpc) is 3.17. The van der Waals surface area contributed by atoms with Gasteiger partial charge in [-0.1, -0.05) is 23.7 Å². The lowest BCUT2D eigenvalue weighted by molar-refractivity contribution is 0.0779. The maximum absolute atomic E-state index is 12.8. The van der Waals surface area contributed by atoms with Crippen molar-refractivity contribution in [1.82, 2.24) is 19.4 Å². The number of aryl methyl sites for hydroxylation is 3. The van der Waals surface area contributed by atoms with Gasteiger partial charge in [-0.15, -0.1) is 0 Å². The van der Waals surface area contributed by atoms with Crippen molar-refractivity contribution in [2.45, 2.75) is 33.4 Å². The predicted octanol–water partition coefficient (Wildman–Crippen LogP) is 5.44. The number of halogens is 1. The number of benzene rings is 2. The summed E-state index contributed by atoms with van der Waals surface area (Å²) in [4.78, 5) is 23.3. The number of carbonyl (C=O) groups excluding carboxylic acids is 1. The van der Waals surface area contributed by atoms with Crippen molar-refractivity contribution in [1.29, 1.82) is 0 Å². The van der Waals surface area contributed by atoms with Gasteiger partial charge >= 0.3 is 0 Å². The van der Waals surface area contributed by atoms with Crippen LogP contribution >= 0.6 is 11.6 Å². The first-order valence-corrected chi connectivity index (χ1v) is 11.3. The van der Waals surface area contributed by atoms with Gasteiger partial charge in [0.15, 0.2) is 0 Å². The van der Waals surface area contributed by atoms with Crippen molar-refractivity contribution in [3.8, 4) is 5.75 Å². The number of hydrogen-bond acceptors (Lipinski definition) is 4. The molecule has 0 aliphatic heterocycles. The summed E-state index contributed by atoms with van der Waals surface area (Å²) in [7, 11) is 1.79. The van der Waals surface area contributed by atoms with E-state index in [4.69, 9.17) is 21.3 Å². The summed E-state index contributed by atoms with van der Waals surface area (Å²) in [6.45, 7) is 5.66. The van der Waals surface area contributed by atoms with E-state index in [1.165, 1.54) is 0 Å². The molecule has 0 bridgehead atoms. The highest BCUT2D eigenvalue weighted by Gasteiger charge is 2.17. The zero-order chi connectivity index (χ0) is 23.4. The second-order valence-electron chi connectivity index (χ2n) is 8.14. The fourth-order valence-corrected chi connectivity index (χ4v) is 4.00. The zero-order valence-electron chi connectivity index (χ0n) is 19.1. The Morgan fingerprint density at radius 1 is 1.12 bits per heavy atom. The molecule has 0 radical (unpaired) electrons. The van der Waals surface area contributed by atoms with Crippen molar-refractivity contribution in [2.24, 2.45) is 0 Å². The van der Waals surface area contributed by atoms with Crippen LogP contribution in [-0.2, 0) is 13.1 Å². The molecule has 6 nitrogen and oxygen atoms in total. The molecule has 4 rings (SSSR count). The van der Waals surface area contributed by atoms with Gasteiger partial charge in [0.1, 0.15) is 11.6 Å². The second kappa shape index (κ2) is 10.0. The Kier molecular flexibility index (Phi) is 6.94. The van der Waals surface area contributed by atoms with Crippen molar-refractivity contribution < 1.29 is 9.53 Å². The lowest BCUT2D eigenvalue weighted by Crippen LogP contribution is -2.28. The van der Waals surface area contributed by atoms with E-state index >= 15 is 0 Å². The molecule has 2 aromatic carbocycles. The van der Waals surface area contributed by atoms with E-state index in [0.29, 0.717) is 18.7 Å².